The van der Waals surface area contributed by atoms with Gasteiger partial charge in [-0.25, -0.2) is 4.79 Å². The molecule has 8 heteroatoms. The average molecular weight is 450 g/mol. The number of nitrogens with one attached hydrogen (secondary N) is 1. The molecule has 0 aromatic heterocycles. The van der Waals surface area contributed by atoms with Gasteiger partial charge in [-0.3, -0.25) is 19.3 Å². The molecule has 2 heterocycles. The van der Waals surface area contributed by atoms with Crippen molar-refractivity contribution in [3.8, 4) is 5.75 Å². The Labute approximate surface area is 192 Å². The Morgan fingerprint density at radius 3 is 2.33 bits per heavy atom. The monoisotopic (exact) mass is 449 g/mol. The number of piperidine rings is 1. The van der Waals surface area contributed by atoms with Crippen molar-refractivity contribution in [3.05, 3.63) is 65.2 Å². The molecule has 0 bridgehead atoms. The molecule has 0 unspecified atom stereocenters. The van der Waals surface area contributed by atoms with Crippen molar-refractivity contribution in [1.82, 2.24) is 15.1 Å². The number of carbonyl (C=O) groups excluding carboxylic acids is 4. The zero-order valence-corrected chi connectivity index (χ0v) is 18.7. The van der Waals surface area contributed by atoms with Crippen LogP contribution in [0.2, 0.25) is 0 Å². The predicted molar refractivity (Wildman–Crippen MR) is 121 cm³/mol. The van der Waals surface area contributed by atoms with Gasteiger partial charge >= 0.3 is 6.09 Å². The first-order valence-electron chi connectivity index (χ1n) is 11.2. The number of hydrogen-bond donors (Lipinski definition) is 1. The van der Waals surface area contributed by atoms with E-state index in [1.54, 1.807) is 41.3 Å². The second-order valence-corrected chi connectivity index (χ2v) is 8.79. The van der Waals surface area contributed by atoms with E-state index in [2.05, 4.69) is 5.32 Å². The standard InChI is InChI=1S/C25H27N3O5/c1-16(2)15-28-23(30)20-9-8-17(14-21(20)24(28)31)22(29)27-12-10-18(11-13-27)26-25(32)33-19-6-4-3-5-7-19/h3-9,14,16,18H,10-13,15H2,1-2H3,(H,26,32). The van der Waals surface area contributed by atoms with Crippen LogP contribution in [0.3, 0.4) is 0 Å². The highest BCUT2D eigenvalue weighted by atomic mass is 16.6. The van der Waals surface area contributed by atoms with Crippen LogP contribution in [-0.4, -0.2) is 59.3 Å². The van der Waals surface area contributed by atoms with E-state index in [0.717, 1.165) is 0 Å². The molecular weight excluding hydrogens is 422 g/mol. The van der Waals surface area contributed by atoms with Crippen LogP contribution in [0.4, 0.5) is 4.79 Å². The third-order valence-electron chi connectivity index (χ3n) is 5.82. The number of imide groups is 1. The maximum Gasteiger partial charge on any atom is 0.412 e. The van der Waals surface area contributed by atoms with Crippen LogP contribution < -0.4 is 10.1 Å². The fourth-order valence-electron chi connectivity index (χ4n) is 4.16. The van der Waals surface area contributed by atoms with Gasteiger partial charge in [0, 0.05) is 31.2 Å². The number of benzene rings is 2. The van der Waals surface area contributed by atoms with Crippen LogP contribution in [0, 0.1) is 5.92 Å². The number of likely N-dealkylation sites (tertiary alicyclic amines) is 1. The minimum absolute atomic E-state index is 0.0888. The summed E-state index contributed by atoms with van der Waals surface area (Å²) in [5, 5.41) is 2.84. The summed E-state index contributed by atoms with van der Waals surface area (Å²) >= 11 is 0. The number of nitrogens with zero attached hydrogens (tertiary/aromatic N) is 2. The van der Waals surface area contributed by atoms with Crippen LogP contribution in [0.5, 0.6) is 5.75 Å². The summed E-state index contributed by atoms with van der Waals surface area (Å²) in [5.41, 5.74) is 1.01. The molecule has 2 aromatic carbocycles. The molecule has 8 nitrogen and oxygen atoms in total. The van der Waals surface area contributed by atoms with Crippen LogP contribution in [0.1, 0.15) is 57.8 Å². The molecule has 0 saturated carbocycles. The van der Waals surface area contributed by atoms with Crippen molar-refractivity contribution in [2.45, 2.75) is 32.7 Å². The van der Waals surface area contributed by atoms with Gasteiger partial charge in [0.2, 0.25) is 0 Å². The Morgan fingerprint density at radius 1 is 1.00 bits per heavy atom. The van der Waals surface area contributed by atoms with Gasteiger partial charge in [-0.1, -0.05) is 32.0 Å². The Kier molecular flexibility index (Phi) is 6.44. The lowest BCUT2D eigenvalue weighted by molar-refractivity contribution is 0.0635. The SMILES string of the molecule is CC(C)CN1C(=O)c2ccc(C(=O)N3CCC(NC(=O)Oc4ccccc4)CC3)cc2C1=O. The molecule has 2 aromatic rings. The molecule has 1 N–H and O–H groups in total. The van der Waals surface area contributed by atoms with E-state index in [1.807, 2.05) is 19.9 Å². The maximum absolute atomic E-state index is 13.0. The van der Waals surface area contributed by atoms with E-state index in [-0.39, 0.29) is 35.2 Å². The molecule has 0 aliphatic carbocycles. The number of amides is 4. The second kappa shape index (κ2) is 9.44. The van der Waals surface area contributed by atoms with Gasteiger partial charge in [0.05, 0.1) is 11.1 Å². The third kappa shape index (κ3) is 4.89. The number of carbonyl (C=O) groups is 4. The summed E-state index contributed by atoms with van der Waals surface area (Å²) in [4.78, 5) is 53.3. The van der Waals surface area contributed by atoms with Crippen molar-refractivity contribution < 1.29 is 23.9 Å². The first-order valence-corrected chi connectivity index (χ1v) is 11.2. The van der Waals surface area contributed by atoms with E-state index in [0.29, 0.717) is 49.4 Å². The number of rotatable bonds is 5. The molecule has 0 atom stereocenters. The fourth-order valence-corrected chi connectivity index (χ4v) is 4.16. The molecule has 2 aliphatic rings. The van der Waals surface area contributed by atoms with Gasteiger partial charge in [-0.2, -0.15) is 0 Å². The summed E-state index contributed by atoms with van der Waals surface area (Å²) in [6, 6.07) is 13.4. The van der Waals surface area contributed by atoms with Gasteiger partial charge in [0.1, 0.15) is 5.75 Å². The average Bonchev–Trinajstić information content (AvgIpc) is 3.03. The maximum atomic E-state index is 13.0. The molecule has 0 radical (unpaired) electrons. The van der Waals surface area contributed by atoms with Gasteiger partial charge in [-0.15, -0.1) is 0 Å². The Hall–Kier alpha value is -3.68. The highest BCUT2D eigenvalue weighted by Crippen LogP contribution is 2.26. The van der Waals surface area contributed by atoms with E-state index in [1.165, 1.54) is 11.0 Å². The summed E-state index contributed by atoms with van der Waals surface area (Å²) in [6.45, 7) is 5.18. The lowest BCUT2D eigenvalue weighted by atomic mass is 10.0. The first kappa shape index (κ1) is 22.5. The largest absolute Gasteiger partial charge is 0.412 e. The highest BCUT2D eigenvalue weighted by Gasteiger charge is 2.36. The normalized spacial score (nSPS) is 16.2. The Morgan fingerprint density at radius 2 is 1.67 bits per heavy atom. The van der Waals surface area contributed by atoms with E-state index in [9.17, 15) is 19.2 Å². The molecule has 2 aliphatic heterocycles. The molecule has 33 heavy (non-hydrogen) atoms. The van der Waals surface area contributed by atoms with E-state index in [4.69, 9.17) is 4.74 Å². The third-order valence-corrected chi connectivity index (χ3v) is 5.82. The van der Waals surface area contributed by atoms with E-state index < -0.39 is 6.09 Å². The van der Waals surface area contributed by atoms with Gasteiger partial charge in [0.25, 0.3) is 17.7 Å². The highest BCUT2D eigenvalue weighted by molar-refractivity contribution is 6.22. The summed E-state index contributed by atoms with van der Waals surface area (Å²) in [5.74, 6) is -0.215. The van der Waals surface area contributed by atoms with Crippen LogP contribution in [0.25, 0.3) is 0 Å². The Balaban J connectivity index is 1.34. The second-order valence-electron chi connectivity index (χ2n) is 8.79. The van der Waals surface area contributed by atoms with Crippen LogP contribution in [0.15, 0.2) is 48.5 Å². The van der Waals surface area contributed by atoms with Crippen LogP contribution >= 0.6 is 0 Å². The fraction of sp³-hybridized carbons (Fsp3) is 0.360. The van der Waals surface area contributed by atoms with Gasteiger partial charge in [0.15, 0.2) is 0 Å². The van der Waals surface area contributed by atoms with Gasteiger partial charge < -0.3 is 15.0 Å². The molecule has 0 spiro atoms. The molecule has 1 fully saturated rings. The smallest absolute Gasteiger partial charge is 0.410 e. The molecular formula is C25H27N3O5. The van der Waals surface area contributed by atoms with Crippen molar-refractivity contribution in [2.24, 2.45) is 5.92 Å². The molecule has 1 saturated heterocycles. The molecule has 4 amide bonds. The minimum atomic E-state index is -0.515. The topological polar surface area (TPSA) is 96.0 Å². The lowest BCUT2D eigenvalue weighted by Crippen LogP contribution is -2.47. The lowest BCUT2D eigenvalue weighted by Gasteiger charge is -2.32. The van der Waals surface area contributed by atoms with Crippen molar-refractivity contribution in [2.75, 3.05) is 19.6 Å². The number of ether oxygens (including phenoxy) is 1. The summed E-state index contributed by atoms with van der Waals surface area (Å²) in [7, 11) is 0. The van der Waals surface area contributed by atoms with Crippen molar-refractivity contribution in [1.29, 1.82) is 0 Å². The predicted octanol–water partition coefficient (Wildman–Crippen LogP) is 3.33. The molecule has 172 valence electrons. The van der Waals surface area contributed by atoms with Gasteiger partial charge in [-0.05, 0) is 49.1 Å². The zero-order chi connectivity index (χ0) is 23.5. The number of hydrogen-bond acceptors (Lipinski definition) is 5. The number of fused-ring (bicyclic) bond motifs is 1. The summed E-state index contributed by atoms with van der Waals surface area (Å²) in [6.07, 6.45) is 0.680. The van der Waals surface area contributed by atoms with Crippen molar-refractivity contribution >= 4 is 23.8 Å². The Bertz CT molecular complexity index is 1070. The van der Waals surface area contributed by atoms with Crippen LogP contribution in [-0.2, 0) is 0 Å². The van der Waals surface area contributed by atoms with Crippen molar-refractivity contribution in [3.63, 3.8) is 0 Å². The minimum Gasteiger partial charge on any atom is -0.410 e. The zero-order valence-electron chi connectivity index (χ0n) is 18.7. The summed E-state index contributed by atoms with van der Waals surface area (Å²) < 4.78 is 5.26. The quantitative estimate of drug-likeness (QED) is 0.707. The molecule has 4 rings (SSSR count). The van der Waals surface area contributed by atoms with E-state index >= 15 is 0 Å². The first-order chi connectivity index (χ1) is 15.8. The number of para-hydroxylation sites is 1.